The molecule has 0 N–H and O–H groups in total. The number of aromatic nitrogens is 1. The Labute approximate surface area is 111 Å². The lowest BCUT2D eigenvalue weighted by Crippen LogP contribution is -2.15. The van der Waals surface area contributed by atoms with Gasteiger partial charge in [0, 0.05) is 19.9 Å². The van der Waals surface area contributed by atoms with Crippen LogP contribution in [0.2, 0.25) is 0 Å². The number of Topliss-reactive ketones (excluding diaryl/α,β-unsaturated/α-hetero) is 1. The molecule has 2 rings (SSSR count). The van der Waals surface area contributed by atoms with Gasteiger partial charge >= 0.3 is 0 Å². The van der Waals surface area contributed by atoms with Gasteiger partial charge in [0.2, 0.25) is 5.95 Å². The number of rotatable bonds is 5. The summed E-state index contributed by atoms with van der Waals surface area (Å²) < 4.78 is 24.1. The van der Waals surface area contributed by atoms with Crippen LogP contribution in [0.5, 0.6) is 0 Å². The largest absolute Gasteiger partial charge is 0.385 e. The van der Waals surface area contributed by atoms with Gasteiger partial charge in [-0.25, -0.2) is 4.98 Å². The van der Waals surface area contributed by atoms with E-state index in [-0.39, 0.29) is 23.9 Å². The molecule has 1 aliphatic rings. The topological polar surface area (TPSA) is 48.4 Å². The Bertz CT molecular complexity index is 452. The molecule has 1 fully saturated rings. The lowest BCUT2D eigenvalue weighted by atomic mass is 9.91. The molecule has 0 amide bonds. The summed E-state index contributed by atoms with van der Waals surface area (Å²) in [6, 6.07) is 3.03. The van der Waals surface area contributed by atoms with Crippen molar-refractivity contribution in [3.63, 3.8) is 0 Å². The van der Waals surface area contributed by atoms with E-state index in [1.807, 2.05) is 0 Å². The number of carbonyl (C=O) groups is 1. The van der Waals surface area contributed by atoms with Crippen molar-refractivity contribution in [1.82, 2.24) is 4.98 Å². The SMILES string of the molecule is COCC[C@@H]1C[C@H](C(C)=O)[C@H](c2ccnc(F)c2)O1. The van der Waals surface area contributed by atoms with Crippen LogP contribution in [0, 0.1) is 11.9 Å². The van der Waals surface area contributed by atoms with Crippen molar-refractivity contribution in [2.45, 2.75) is 32.0 Å². The van der Waals surface area contributed by atoms with E-state index >= 15 is 0 Å². The average Bonchev–Trinajstić information content (AvgIpc) is 2.80. The fraction of sp³-hybridized carbons (Fsp3) is 0.571. The Morgan fingerprint density at radius 1 is 1.63 bits per heavy atom. The summed E-state index contributed by atoms with van der Waals surface area (Å²) in [5.74, 6) is -0.700. The molecule has 0 saturated carbocycles. The molecule has 3 atom stereocenters. The van der Waals surface area contributed by atoms with E-state index in [1.54, 1.807) is 20.1 Å². The number of methoxy groups -OCH3 is 1. The van der Waals surface area contributed by atoms with Crippen LogP contribution in [0.4, 0.5) is 4.39 Å². The van der Waals surface area contributed by atoms with Crippen molar-refractivity contribution < 1.29 is 18.7 Å². The van der Waals surface area contributed by atoms with Crippen LogP contribution in [0.1, 0.15) is 31.4 Å². The van der Waals surface area contributed by atoms with Gasteiger partial charge in [-0.1, -0.05) is 0 Å². The second-order valence-corrected chi connectivity index (χ2v) is 4.82. The van der Waals surface area contributed by atoms with Gasteiger partial charge in [0.25, 0.3) is 0 Å². The van der Waals surface area contributed by atoms with Crippen molar-refractivity contribution in [1.29, 1.82) is 0 Å². The first-order chi connectivity index (χ1) is 9.11. The molecular weight excluding hydrogens is 249 g/mol. The molecule has 4 nitrogen and oxygen atoms in total. The monoisotopic (exact) mass is 267 g/mol. The maximum atomic E-state index is 13.2. The number of ether oxygens (including phenoxy) is 2. The predicted octanol–water partition coefficient (Wildman–Crippen LogP) is 2.29. The fourth-order valence-corrected chi connectivity index (χ4v) is 2.48. The van der Waals surface area contributed by atoms with Gasteiger partial charge in [0.1, 0.15) is 5.78 Å². The van der Waals surface area contributed by atoms with E-state index in [2.05, 4.69) is 4.98 Å². The first-order valence-electron chi connectivity index (χ1n) is 6.38. The molecule has 1 aromatic rings. The quantitative estimate of drug-likeness (QED) is 0.768. The zero-order valence-corrected chi connectivity index (χ0v) is 11.1. The summed E-state index contributed by atoms with van der Waals surface area (Å²) >= 11 is 0. The molecule has 1 saturated heterocycles. The van der Waals surface area contributed by atoms with Gasteiger partial charge in [-0.2, -0.15) is 4.39 Å². The highest BCUT2D eigenvalue weighted by Gasteiger charge is 2.38. The molecule has 104 valence electrons. The first kappa shape index (κ1) is 14.1. The Morgan fingerprint density at radius 2 is 2.42 bits per heavy atom. The summed E-state index contributed by atoms with van der Waals surface area (Å²) in [6.07, 6.45) is 2.40. The summed E-state index contributed by atoms with van der Waals surface area (Å²) in [5.41, 5.74) is 0.674. The first-order valence-corrected chi connectivity index (χ1v) is 6.38. The third-order valence-electron chi connectivity index (χ3n) is 3.47. The number of hydrogen-bond donors (Lipinski definition) is 0. The van der Waals surface area contributed by atoms with Crippen LogP contribution in [0.15, 0.2) is 18.3 Å². The summed E-state index contributed by atoms with van der Waals surface area (Å²) in [4.78, 5) is 15.2. The van der Waals surface area contributed by atoms with E-state index < -0.39 is 5.95 Å². The number of ketones is 1. The molecule has 5 heteroatoms. The maximum absolute atomic E-state index is 13.2. The van der Waals surface area contributed by atoms with Gasteiger partial charge in [0.05, 0.1) is 18.1 Å². The molecule has 0 radical (unpaired) electrons. The number of pyridine rings is 1. The van der Waals surface area contributed by atoms with Gasteiger partial charge in [-0.15, -0.1) is 0 Å². The van der Waals surface area contributed by atoms with Gasteiger partial charge in [-0.05, 0) is 37.5 Å². The fourth-order valence-electron chi connectivity index (χ4n) is 2.48. The van der Waals surface area contributed by atoms with E-state index in [0.29, 0.717) is 18.6 Å². The van der Waals surface area contributed by atoms with E-state index in [9.17, 15) is 9.18 Å². The molecule has 2 heterocycles. The summed E-state index contributed by atoms with van der Waals surface area (Å²) in [6.45, 7) is 2.14. The lowest BCUT2D eigenvalue weighted by molar-refractivity contribution is -0.122. The third kappa shape index (κ3) is 3.36. The Balaban J connectivity index is 2.15. The van der Waals surface area contributed by atoms with Gasteiger partial charge < -0.3 is 9.47 Å². The number of carbonyl (C=O) groups excluding carboxylic acids is 1. The highest BCUT2D eigenvalue weighted by molar-refractivity contribution is 5.79. The van der Waals surface area contributed by atoms with Crippen LogP contribution in [-0.4, -0.2) is 30.6 Å². The smallest absolute Gasteiger partial charge is 0.213 e. The zero-order chi connectivity index (χ0) is 13.8. The molecular formula is C14H18FNO3. The van der Waals surface area contributed by atoms with Crippen LogP contribution in [-0.2, 0) is 14.3 Å². The second kappa shape index (κ2) is 6.21. The van der Waals surface area contributed by atoms with E-state index in [0.717, 1.165) is 6.42 Å². The van der Waals surface area contributed by atoms with Crippen LogP contribution in [0.3, 0.4) is 0 Å². The maximum Gasteiger partial charge on any atom is 0.213 e. The second-order valence-electron chi connectivity index (χ2n) is 4.82. The summed E-state index contributed by atoms with van der Waals surface area (Å²) in [5, 5.41) is 0. The van der Waals surface area contributed by atoms with Gasteiger partial charge in [-0.3, -0.25) is 4.79 Å². The highest BCUT2D eigenvalue weighted by Crippen LogP contribution is 2.39. The average molecular weight is 267 g/mol. The van der Waals surface area contributed by atoms with Crippen molar-refractivity contribution in [2.75, 3.05) is 13.7 Å². The molecule has 0 unspecified atom stereocenters. The molecule has 0 aromatic carbocycles. The van der Waals surface area contributed by atoms with Crippen LogP contribution in [0.25, 0.3) is 0 Å². The van der Waals surface area contributed by atoms with Crippen molar-refractivity contribution in [2.24, 2.45) is 5.92 Å². The van der Waals surface area contributed by atoms with Gasteiger partial charge in [0.15, 0.2) is 0 Å². The Kier molecular flexibility index (Phi) is 4.61. The van der Waals surface area contributed by atoms with Crippen molar-refractivity contribution in [3.05, 3.63) is 29.8 Å². The molecule has 19 heavy (non-hydrogen) atoms. The molecule has 0 bridgehead atoms. The Hall–Kier alpha value is -1.33. The molecule has 1 aliphatic heterocycles. The number of halogens is 1. The summed E-state index contributed by atoms with van der Waals surface area (Å²) in [7, 11) is 1.63. The normalized spacial score (nSPS) is 26.6. The number of hydrogen-bond acceptors (Lipinski definition) is 4. The van der Waals surface area contributed by atoms with E-state index in [4.69, 9.17) is 9.47 Å². The molecule has 1 aromatic heterocycles. The standard InChI is InChI=1S/C14H18FNO3/c1-9(17)12-8-11(4-6-18-2)19-14(12)10-3-5-16-13(15)7-10/h3,5,7,11-12,14H,4,6,8H2,1-2H3/t11-,12-,14+/m1/s1. The third-order valence-corrected chi connectivity index (χ3v) is 3.47. The van der Waals surface area contributed by atoms with Crippen LogP contribution >= 0.6 is 0 Å². The molecule has 0 spiro atoms. The van der Waals surface area contributed by atoms with Crippen molar-refractivity contribution >= 4 is 5.78 Å². The lowest BCUT2D eigenvalue weighted by Gasteiger charge is -2.16. The minimum atomic E-state index is -0.552. The predicted molar refractivity (Wildman–Crippen MR) is 67.1 cm³/mol. The Morgan fingerprint density at radius 3 is 3.05 bits per heavy atom. The molecule has 0 aliphatic carbocycles. The van der Waals surface area contributed by atoms with Crippen molar-refractivity contribution in [3.8, 4) is 0 Å². The van der Waals surface area contributed by atoms with Crippen LogP contribution < -0.4 is 0 Å². The van der Waals surface area contributed by atoms with E-state index in [1.165, 1.54) is 12.3 Å². The zero-order valence-electron chi connectivity index (χ0n) is 11.1. The minimum Gasteiger partial charge on any atom is -0.385 e. The number of nitrogens with zero attached hydrogens (tertiary/aromatic N) is 1. The highest BCUT2D eigenvalue weighted by atomic mass is 19.1. The minimum absolute atomic E-state index is 0.0184.